The van der Waals surface area contributed by atoms with Crippen molar-refractivity contribution in [3.8, 4) is 0 Å². The summed E-state index contributed by atoms with van der Waals surface area (Å²) >= 11 is 0. The number of rotatable bonds is 0. The third kappa shape index (κ3) is 3.76. The van der Waals surface area contributed by atoms with E-state index >= 15 is 0 Å². The Bertz CT molecular complexity index is 153. The summed E-state index contributed by atoms with van der Waals surface area (Å²) in [5.41, 5.74) is 0. The van der Waals surface area contributed by atoms with Gasteiger partial charge in [0.25, 0.3) is 0 Å². The average Bonchev–Trinajstić information content (AvgIpc) is 1.94. The normalized spacial score (nSPS) is 26.2. The van der Waals surface area contributed by atoms with Crippen LogP contribution in [0, 0.1) is 0 Å². The highest BCUT2D eigenvalue weighted by Gasteiger charge is 2.29. The fourth-order valence-corrected chi connectivity index (χ4v) is 1.97. The molecule has 1 N–H and O–H groups in total. The largest absolute Gasteiger partial charge is 0.332 e. The maximum atomic E-state index is 3.52. The molecule has 0 aromatic carbocycles. The molecule has 13 heavy (non-hydrogen) atoms. The molecule has 1 rings (SSSR count). The molecule has 3 heteroatoms. The fourth-order valence-electron chi connectivity index (χ4n) is 1.97. The monoisotopic (exact) mass is 178 g/mol. The van der Waals surface area contributed by atoms with Gasteiger partial charge in [-0.05, 0) is 12.9 Å². The van der Waals surface area contributed by atoms with Crippen LogP contribution in [0.5, 0.6) is 0 Å². The van der Waals surface area contributed by atoms with Crippen molar-refractivity contribution in [2.45, 2.75) is 51.6 Å². The molecule has 0 aromatic heterocycles. The van der Waals surface area contributed by atoms with Gasteiger partial charge in [-0.3, -0.25) is 0 Å². The van der Waals surface area contributed by atoms with Crippen LogP contribution in [0.3, 0.4) is 0 Å². The van der Waals surface area contributed by atoms with Crippen LogP contribution in [0.2, 0.25) is 17.5 Å². The van der Waals surface area contributed by atoms with Gasteiger partial charge in [-0.15, -0.1) is 0 Å². The van der Waals surface area contributed by atoms with Gasteiger partial charge in [-0.25, -0.2) is 0 Å². The van der Waals surface area contributed by atoms with Crippen LogP contribution in [0.4, 0.5) is 0 Å². The Morgan fingerprint density at radius 3 is 2.69 bits per heavy atom. The minimum Gasteiger partial charge on any atom is -0.332 e. The minimum absolute atomic E-state index is 0.462. The molecule has 1 atom stereocenters. The topological polar surface area (TPSA) is 12.0 Å². The van der Waals surface area contributed by atoms with Crippen molar-refractivity contribution in [3.05, 3.63) is 0 Å². The van der Waals surface area contributed by atoms with Crippen molar-refractivity contribution in [1.82, 2.24) is 5.32 Å². The van der Waals surface area contributed by atoms with E-state index in [1.807, 2.05) is 0 Å². The summed E-state index contributed by atoms with van der Waals surface area (Å²) in [4.78, 5) is 0. The Balaban J connectivity index is 2.46. The van der Waals surface area contributed by atoms with Crippen LogP contribution >= 0.6 is 0 Å². The van der Waals surface area contributed by atoms with E-state index in [1.165, 1.54) is 19.2 Å². The smallest absolute Gasteiger partial charge is 0.161 e. The van der Waals surface area contributed by atoms with Crippen LogP contribution in [0.15, 0.2) is 0 Å². The van der Waals surface area contributed by atoms with Gasteiger partial charge in [-0.1, -0.05) is 51.6 Å². The second-order valence-corrected chi connectivity index (χ2v) is 5.51. The first-order valence-electron chi connectivity index (χ1n) is 5.54. The summed E-state index contributed by atoms with van der Waals surface area (Å²) in [5, 5.41) is 3.98. The van der Waals surface area contributed by atoms with Crippen LogP contribution in [0.1, 0.15) is 34.1 Å². The van der Waals surface area contributed by atoms with Gasteiger partial charge in [-0.2, -0.15) is 0 Å². The van der Waals surface area contributed by atoms with E-state index in [1.54, 1.807) is 0 Å². The third-order valence-corrected chi connectivity index (χ3v) is 3.25. The standard InChI is InChI=1S/C10H22B2N/c1-9-5-6-12(10(2,3)4)8-13-7-11-9/h9,13H,5-8H2,1-4H3. The van der Waals surface area contributed by atoms with Crippen molar-refractivity contribution in [2.75, 3.05) is 12.9 Å². The molecular weight excluding hydrogens is 156 g/mol. The second kappa shape index (κ2) is 4.54. The molecule has 1 nitrogen and oxygen atoms in total. The zero-order valence-corrected chi connectivity index (χ0v) is 9.56. The lowest BCUT2D eigenvalue weighted by atomic mass is 9.31. The van der Waals surface area contributed by atoms with Crippen LogP contribution < -0.4 is 5.32 Å². The highest BCUT2D eigenvalue weighted by Crippen LogP contribution is 2.31. The summed E-state index contributed by atoms with van der Waals surface area (Å²) in [6.07, 6.45) is 5.01. The highest BCUT2D eigenvalue weighted by atomic mass is 14.8. The van der Waals surface area contributed by atoms with E-state index in [0.29, 0.717) is 5.31 Å². The molecule has 1 unspecified atom stereocenters. The molecule has 0 aliphatic carbocycles. The molecule has 0 amide bonds. The molecule has 0 aromatic rings. The number of hydrogen-bond acceptors (Lipinski definition) is 1. The number of nitrogens with one attached hydrogen (secondary N) is 1. The van der Waals surface area contributed by atoms with E-state index in [9.17, 15) is 0 Å². The van der Waals surface area contributed by atoms with Crippen LogP contribution in [0.25, 0.3) is 0 Å². The zero-order valence-electron chi connectivity index (χ0n) is 9.56. The maximum absolute atomic E-state index is 3.52. The Morgan fingerprint density at radius 2 is 2.08 bits per heavy atom. The molecule has 0 spiro atoms. The van der Waals surface area contributed by atoms with Crippen molar-refractivity contribution in [2.24, 2.45) is 0 Å². The Morgan fingerprint density at radius 1 is 1.38 bits per heavy atom. The predicted molar refractivity (Wildman–Crippen MR) is 62.9 cm³/mol. The van der Waals surface area contributed by atoms with Crippen molar-refractivity contribution < 1.29 is 0 Å². The molecular formula is C10H22B2N. The zero-order chi connectivity index (χ0) is 9.90. The first-order valence-corrected chi connectivity index (χ1v) is 5.54. The SMILES string of the molecule is CC1[B]CNCB(C(C)(C)C)CC1. The second-order valence-electron chi connectivity index (χ2n) is 5.51. The Hall–Kier alpha value is 0.0899. The van der Waals surface area contributed by atoms with E-state index in [4.69, 9.17) is 0 Å². The first-order chi connectivity index (χ1) is 6.00. The molecule has 1 radical (unpaired) electrons. The van der Waals surface area contributed by atoms with Gasteiger partial charge in [0, 0.05) is 0 Å². The van der Waals surface area contributed by atoms with E-state index < -0.39 is 0 Å². The van der Waals surface area contributed by atoms with Crippen molar-refractivity contribution >= 4 is 14.0 Å². The van der Waals surface area contributed by atoms with Crippen LogP contribution in [-0.2, 0) is 0 Å². The first kappa shape index (κ1) is 11.2. The lowest BCUT2D eigenvalue weighted by Crippen LogP contribution is -2.41. The van der Waals surface area contributed by atoms with Gasteiger partial charge in [0.15, 0.2) is 6.71 Å². The van der Waals surface area contributed by atoms with Crippen molar-refractivity contribution in [3.63, 3.8) is 0 Å². The quantitative estimate of drug-likeness (QED) is 0.561. The molecule has 1 heterocycles. The van der Waals surface area contributed by atoms with Gasteiger partial charge in [0.1, 0.15) is 7.28 Å². The molecule has 1 aliphatic rings. The summed E-state index contributed by atoms with van der Waals surface area (Å²) in [6.45, 7) is 10.2. The Kier molecular flexibility index (Phi) is 3.90. The lowest BCUT2D eigenvalue weighted by molar-refractivity contribution is 0.690. The van der Waals surface area contributed by atoms with E-state index in [0.717, 1.165) is 19.0 Å². The summed E-state index contributed by atoms with van der Waals surface area (Å²) in [5.74, 6) is 0.789. The average molecular weight is 178 g/mol. The molecule has 1 saturated heterocycles. The molecule has 0 bridgehead atoms. The van der Waals surface area contributed by atoms with Gasteiger partial charge >= 0.3 is 0 Å². The summed E-state index contributed by atoms with van der Waals surface area (Å²) < 4.78 is 0. The van der Waals surface area contributed by atoms with Gasteiger partial charge in [0.2, 0.25) is 0 Å². The van der Waals surface area contributed by atoms with Crippen LogP contribution in [-0.4, -0.2) is 26.9 Å². The van der Waals surface area contributed by atoms with Gasteiger partial charge < -0.3 is 5.32 Å². The highest BCUT2D eigenvalue weighted by molar-refractivity contribution is 6.62. The predicted octanol–water partition coefficient (Wildman–Crippen LogP) is 2.28. The summed E-state index contributed by atoms with van der Waals surface area (Å²) in [7, 11) is 2.40. The maximum Gasteiger partial charge on any atom is 0.161 e. The molecule has 1 aliphatic heterocycles. The Labute approximate surface area is 84.4 Å². The fraction of sp³-hybridized carbons (Fsp3) is 1.00. The summed E-state index contributed by atoms with van der Waals surface area (Å²) in [6, 6.07) is 0. The lowest BCUT2D eigenvalue weighted by Gasteiger charge is -2.30. The number of hydrogen-bond donors (Lipinski definition) is 1. The van der Waals surface area contributed by atoms with Gasteiger partial charge in [0.05, 0.1) is 0 Å². The third-order valence-electron chi connectivity index (χ3n) is 3.25. The molecule has 1 fully saturated rings. The van der Waals surface area contributed by atoms with E-state index in [-0.39, 0.29) is 0 Å². The minimum atomic E-state index is 0.462. The van der Waals surface area contributed by atoms with E-state index in [2.05, 4.69) is 40.3 Å². The van der Waals surface area contributed by atoms with Crippen molar-refractivity contribution in [1.29, 1.82) is 0 Å². The molecule has 73 valence electrons. The molecule has 0 saturated carbocycles.